The van der Waals surface area contributed by atoms with Crippen molar-refractivity contribution in [2.45, 2.75) is 20.4 Å². The van der Waals surface area contributed by atoms with Gasteiger partial charge >= 0.3 is 0 Å². The number of hydrogen-bond donors (Lipinski definition) is 2. The first-order chi connectivity index (χ1) is 13.9. The maximum Gasteiger partial charge on any atom is 0.271 e. The van der Waals surface area contributed by atoms with E-state index in [1.807, 2.05) is 24.3 Å². The maximum atomic E-state index is 12.3. The Balaban J connectivity index is 1.59. The van der Waals surface area contributed by atoms with Crippen LogP contribution >= 0.6 is 11.6 Å². The normalized spacial score (nSPS) is 11.2. The summed E-state index contributed by atoms with van der Waals surface area (Å²) in [5.74, 6) is -0.428. The number of halogens is 1. The van der Waals surface area contributed by atoms with Gasteiger partial charge in [-0.05, 0) is 42.3 Å². The topological polar surface area (TPSA) is 88.4 Å². The van der Waals surface area contributed by atoms with E-state index in [1.165, 1.54) is 6.92 Å². The maximum absolute atomic E-state index is 12.3. The van der Waals surface area contributed by atoms with Crippen LogP contribution in [0.25, 0.3) is 0 Å². The van der Waals surface area contributed by atoms with Crippen LogP contribution in [0.3, 0.4) is 0 Å². The zero-order chi connectivity index (χ0) is 20.8. The molecule has 8 heteroatoms. The number of amides is 2. The summed E-state index contributed by atoms with van der Waals surface area (Å²) >= 11 is 5.86. The van der Waals surface area contributed by atoms with Crippen molar-refractivity contribution in [1.29, 1.82) is 0 Å². The summed E-state index contributed by atoms with van der Waals surface area (Å²) in [6, 6.07) is 14.4. The molecule has 0 saturated heterocycles. The molecule has 2 aromatic carbocycles. The highest BCUT2D eigenvalue weighted by Crippen LogP contribution is 2.11. The third-order valence-electron chi connectivity index (χ3n) is 4.11. The summed E-state index contributed by atoms with van der Waals surface area (Å²) in [7, 11) is 0. The van der Waals surface area contributed by atoms with Gasteiger partial charge in [0, 0.05) is 24.4 Å². The lowest BCUT2D eigenvalue weighted by molar-refractivity contribution is -0.114. The van der Waals surface area contributed by atoms with Crippen LogP contribution in [-0.4, -0.2) is 27.3 Å². The third-order valence-corrected chi connectivity index (χ3v) is 4.31. The van der Waals surface area contributed by atoms with Gasteiger partial charge in [-0.2, -0.15) is 10.2 Å². The van der Waals surface area contributed by atoms with Gasteiger partial charge in [0.25, 0.3) is 5.91 Å². The van der Waals surface area contributed by atoms with E-state index in [4.69, 9.17) is 11.6 Å². The molecule has 3 rings (SSSR count). The Hall–Kier alpha value is -3.45. The Morgan fingerprint density at radius 2 is 1.69 bits per heavy atom. The second-order valence-electron chi connectivity index (χ2n) is 6.45. The van der Waals surface area contributed by atoms with Crippen molar-refractivity contribution in [3.05, 3.63) is 82.6 Å². The first kappa shape index (κ1) is 20.3. The summed E-state index contributed by atoms with van der Waals surface area (Å²) in [5, 5.41) is 11.6. The second kappa shape index (κ2) is 9.16. The van der Waals surface area contributed by atoms with Crippen LogP contribution in [0.5, 0.6) is 0 Å². The van der Waals surface area contributed by atoms with Crippen LogP contribution in [0.1, 0.15) is 35.3 Å². The number of nitrogens with zero attached hydrogens (tertiary/aromatic N) is 3. The quantitative estimate of drug-likeness (QED) is 0.480. The number of aromatic nitrogens is 2. The van der Waals surface area contributed by atoms with Crippen molar-refractivity contribution in [1.82, 2.24) is 15.2 Å². The lowest BCUT2D eigenvalue weighted by atomic mass is 10.1. The zero-order valence-corrected chi connectivity index (χ0v) is 16.8. The standard InChI is InChI=1S/C21H20ClN5O2/c1-14(17-7-9-20(10-8-17)24-15(2)28)25-26-21(29)18-5-3-16(4-6-18)12-27-13-19(22)11-23-27/h3-11,13H,12H2,1-2H3,(H,24,28)(H,26,29)/b25-14-. The number of anilines is 1. The molecule has 0 aliphatic carbocycles. The monoisotopic (exact) mass is 409 g/mol. The van der Waals surface area contributed by atoms with Crippen LogP contribution in [0.4, 0.5) is 5.69 Å². The Kier molecular flexibility index (Phi) is 6.41. The molecule has 2 amide bonds. The van der Waals surface area contributed by atoms with Gasteiger partial charge in [-0.15, -0.1) is 0 Å². The molecule has 0 bridgehead atoms. The molecule has 0 fully saturated rings. The van der Waals surface area contributed by atoms with Gasteiger partial charge in [-0.25, -0.2) is 5.43 Å². The Morgan fingerprint density at radius 3 is 2.28 bits per heavy atom. The minimum Gasteiger partial charge on any atom is -0.326 e. The highest BCUT2D eigenvalue weighted by atomic mass is 35.5. The minimum absolute atomic E-state index is 0.130. The average Bonchev–Trinajstić information content (AvgIpc) is 3.11. The summed E-state index contributed by atoms with van der Waals surface area (Å²) in [5.41, 5.74) is 6.26. The third kappa shape index (κ3) is 5.76. The average molecular weight is 410 g/mol. The van der Waals surface area contributed by atoms with Crippen molar-refractivity contribution >= 4 is 34.8 Å². The lowest BCUT2D eigenvalue weighted by Crippen LogP contribution is -2.19. The largest absolute Gasteiger partial charge is 0.326 e. The fourth-order valence-electron chi connectivity index (χ4n) is 2.64. The number of carbonyl (C=O) groups is 2. The molecular weight excluding hydrogens is 390 g/mol. The molecule has 0 atom stereocenters. The molecule has 0 saturated carbocycles. The van der Waals surface area contributed by atoms with E-state index < -0.39 is 0 Å². The van der Waals surface area contributed by atoms with Crippen LogP contribution in [-0.2, 0) is 11.3 Å². The zero-order valence-electron chi connectivity index (χ0n) is 16.0. The predicted octanol–water partition coefficient (Wildman–Crippen LogP) is 3.70. The molecule has 2 N–H and O–H groups in total. The van der Waals surface area contributed by atoms with E-state index in [0.29, 0.717) is 28.5 Å². The van der Waals surface area contributed by atoms with E-state index in [9.17, 15) is 9.59 Å². The highest BCUT2D eigenvalue weighted by molar-refractivity contribution is 6.30. The second-order valence-corrected chi connectivity index (χ2v) is 6.89. The molecule has 0 spiro atoms. The van der Waals surface area contributed by atoms with Gasteiger partial charge in [0.1, 0.15) is 0 Å². The van der Waals surface area contributed by atoms with E-state index >= 15 is 0 Å². The Bertz CT molecular complexity index is 1040. The van der Waals surface area contributed by atoms with Gasteiger partial charge in [0.2, 0.25) is 5.91 Å². The highest BCUT2D eigenvalue weighted by Gasteiger charge is 2.06. The van der Waals surface area contributed by atoms with Gasteiger partial charge in [-0.3, -0.25) is 14.3 Å². The van der Waals surface area contributed by atoms with Crippen molar-refractivity contribution in [3.63, 3.8) is 0 Å². The van der Waals surface area contributed by atoms with Gasteiger partial charge in [0.15, 0.2) is 0 Å². The van der Waals surface area contributed by atoms with Crippen LogP contribution in [0.15, 0.2) is 66.0 Å². The summed E-state index contributed by atoms with van der Waals surface area (Å²) in [6.07, 6.45) is 3.32. The van der Waals surface area contributed by atoms with Gasteiger partial charge in [0.05, 0.1) is 23.5 Å². The Labute approximate surface area is 173 Å². The van der Waals surface area contributed by atoms with Crippen molar-refractivity contribution in [2.24, 2.45) is 5.10 Å². The minimum atomic E-state index is -0.298. The molecule has 0 radical (unpaired) electrons. The molecule has 29 heavy (non-hydrogen) atoms. The Morgan fingerprint density at radius 1 is 1.03 bits per heavy atom. The van der Waals surface area contributed by atoms with E-state index in [-0.39, 0.29) is 11.8 Å². The van der Waals surface area contributed by atoms with Crippen molar-refractivity contribution in [3.8, 4) is 0 Å². The molecule has 148 valence electrons. The molecule has 3 aromatic rings. The molecule has 1 heterocycles. The van der Waals surface area contributed by atoms with E-state index in [1.54, 1.807) is 48.3 Å². The van der Waals surface area contributed by atoms with Gasteiger partial charge in [-0.1, -0.05) is 35.9 Å². The fraction of sp³-hybridized carbons (Fsp3) is 0.143. The molecule has 0 aliphatic heterocycles. The number of hydrogen-bond acceptors (Lipinski definition) is 4. The molecule has 1 aromatic heterocycles. The van der Waals surface area contributed by atoms with Crippen molar-refractivity contribution < 1.29 is 9.59 Å². The molecule has 0 aliphatic rings. The number of benzene rings is 2. The molecule has 7 nitrogen and oxygen atoms in total. The first-order valence-electron chi connectivity index (χ1n) is 8.90. The number of rotatable bonds is 6. The molecular formula is C21H20ClN5O2. The number of hydrazone groups is 1. The number of carbonyl (C=O) groups excluding carboxylic acids is 2. The molecule has 0 unspecified atom stereocenters. The van der Waals surface area contributed by atoms with E-state index in [2.05, 4.69) is 20.9 Å². The van der Waals surface area contributed by atoms with E-state index in [0.717, 1.165) is 11.1 Å². The summed E-state index contributed by atoms with van der Waals surface area (Å²) < 4.78 is 1.72. The van der Waals surface area contributed by atoms with Crippen LogP contribution < -0.4 is 10.7 Å². The summed E-state index contributed by atoms with van der Waals surface area (Å²) in [4.78, 5) is 23.4. The first-order valence-corrected chi connectivity index (χ1v) is 9.28. The predicted molar refractivity (Wildman–Crippen MR) is 113 cm³/mol. The number of nitrogens with one attached hydrogen (secondary N) is 2. The summed E-state index contributed by atoms with van der Waals surface area (Å²) in [6.45, 7) is 3.82. The fourth-order valence-corrected chi connectivity index (χ4v) is 2.79. The van der Waals surface area contributed by atoms with Crippen LogP contribution in [0.2, 0.25) is 5.02 Å². The van der Waals surface area contributed by atoms with Crippen LogP contribution in [0, 0.1) is 0 Å². The lowest BCUT2D eigenvalue weighted by Gasteiger charge is -2.06. The van der Waals surface area contributed by atoms with Crippen molar-refractivity contribution in [2.75, 3.05) is 5.32 Å². The van der Waals surface area contributed by atoms with Gasteiger partial charge < -0.3 is 5.32 Å². The SMILES string of the molecule is CC(=O)Nc1ccc(/C(C)=N\NC(=O)c2ccc(Cn3cc(Cl)cn3)cc2)cc1. The smallest absolute Gasteiger partial charge is 0.271 e.